The first kappa shape index (κ1) is 14.7. The van der Waals surface area contributed by atoms with E-state index in [-0.39, 0.29) is 17.0 Å². The molecule has 18 heavy (non-hydrogen) atoms. The lowest BCUT2D eigenvalue weighted by Crippen LogP contribution is -2.56. The van der Waals surface area contributed by atoms with Crippen LogP contribution in [0.5, 0.6) is 0 Å². The van der Waals surface area contributed by atoms with Crippen molar-refractivity contribution in [3.8, 4) is 0 Å². The van der Waals surface area contributed by atoms with Gasteiger partial charge in [0.2, 0.25) is 5.91 Å². The highest BCUT2D eigenvalue weighted by molar-refractivity contribution is 9.09. The molecule has 0 radical (unpaired) electrons. The first-order valence-corrected chi connectivity index (χ1v) is 8.83. The minimum Gasteiger partial charge on any atom is -0.368 e. The van der Waals surface area contributed by atoms with E-state index in [1.165, 1.54) is 12.8 Å². The van der Waals surface area contributed by atoms with Crippen LogP contribution >= 0.6 is 27.7 Å². The van der Waals surface area contributed by atoms with Crippen molar-refractivity contribution in [2.24, 2.45) is 0 Å². The third kappa shape index (κ3) is 3.64. The fraction of sp³-hybridized carbons (Fsp3) is 0.923. The molecule has 2 aliphatic rings. The highest BCUT2D eigenvalue weighted by Crippen LogP contribution is 2.29. The van der Waals surface area contributed by atoms with E-state index in [0.717, 1.165) is 24.0 Å². The van der Waals surface area contributed by atoms with Gasteiger partial charge in [-0.1, -0.05) is 22.4 Å². The van der Waals surface area contributed by atoms with Gasteiger partial charge in [-0.25, -0.2) is 0 Å². The van der Waals surface area contributed by atoms with E-state index in [1.807, 2.05) is 16.7 Å². The van der Waals surface area contributed by atoms with Crippen LogP contribution in [0.25, 0.3) is 0 Å². The normalized spacial score (nSPS) is 32.3. The molecule has 2 heterocycles. The van der Waals surface area contributed by atoms with Crippen LogP contribution in [0.3, 0.4) is 0 Å². The van der Waals surface area contributed by atoms with Crippen LogP contribution in [-0.2, 0) is 9.53 Å². The van der Waals surface area contributed by atoms with Gasteiger partial charge in [0.1, 0.15) is 0 Å². The molecule has 1 amide bonds. The van der Waals surface area contributed by atoms with Crippen LogP contribution in [0.4, 0.5) is 0 Å². The fourth-order valence-electron chi connectivity index (χ4n) is 2.68. The maximum Gasteiger partial charge on any atom is 0.235 e. The molecule has 0 aliphatic carbocycles. The molecule has 2 atom stereocenters. The molecule has 0 aromatic rings. The summed E-state index contributed by atoms with van der Waals surface area (Å²) in [6, 6.07) is 0. The molecule has 0 N–H and O–H groups in total. The second-order valence-electron chi connectivity index (χ2n) is 5.73. The van der Waals surface area contributed by atoms with Gasteiger partial charge in [-0.2, -0.15) is 0 Å². The number of alkyl halides is 1. The molecule has 0 aromatic carbocycles. The molecule has 2 unspecified atom stereocenters. The summed E-state index contributed by atoms with van der Waals surface area (Å²) in [5, 5.41) is 0.974. The smallest absolute Gasteiger partial charge is 0.235 e. The monoisotopic (exact) mass is 335 g/mol. The predicted molar refractivity (Wildman–Crippen MR) is 79.4 cm³/mol. The summed E-state index contributed by atoms with van der Waals surface area (Å²) in [6.45, 7) is 5.57. The number of morpholine rings is 1. The molecule has 2 aliphatic heterocycles. The Kier molecular flexibility index (Phi) is 5.00. The van der Waals surface area contributed by atoms with Crippen LogP contribution in [0.1, 0.15) is 33.1 Å². The maximum absolute atomic E-state index is 12.5. The third-order valence-electron chi connectivity index (χ3n) is 3.42. The van der Waals surface area contributed by atoms with E-state index < -0.39 is 0 Å². The Hall–Kier alpha value is 0.260. The Labute approximate surface area is 122 Å². The number of amides is 1. The van der Waals surface area contributed by atoms with Crippen molar-refractivity contribution in [1.82, 2.24) is 4.90 Å². The maximum atomic E-state index is 12.5. The summed E-state index contributed by atoms with van der Waals surface area (Å²) in [5.41, 5.74) is -0.230. The van der Waals surface area contributed by atoms with Gasteiger partial charge >= 0.3 is 0 Å². The molecule has 0 aromatic heterocycles. The third-order valence-corrected chi connectivity index (χ3v) is 5.51. The molecule has 5 heteroatoms. The Balaban J connectivity index is 1.99. The van der Waals surface area contributed by atoms with Gasteiger partial charge in [0.25, 0.3) is 0 Å². The Bertz CT molecular complexity index is 305. The van der Waals surface area contributed by atoms with Gasteiger partial charge in [-0.15, -0.1) is 11.8 Å². The van der Waals surface area contributed by atoms with Crippen molar-refractivity contribution in [3.63, 3.8) is 0 Å². The molecule has 0 bridgehead atoms. The number of rotatable bonds is 2. The lowest BCUT2D eigenvalue weighted by Gasteiger charge is -2.43. The quantitative estimate of drug-likeness (QED) is 0.726. The number of hydrogen-bond acceptors (Lipinski definition) is 3. The van der Waals surface area contributed by atoms with Crippen LogP contribution in [0.15, 0.2) is 0 Å². The van der Waals surface area contributed by atoms with Crippen LogP contribution < -0.4 is 0 Å². The Morgan fingerprint density at radius 3 is 2.89 bits per heavy atom. The molecular weight excluding hydrogens is 314 g/mol. The number of thioether (sulfide) groups is 1. The highest BCUT2D eigenvalue weighted by atomic mass is 79.9. The number of hydrogen-bond donors (Lipinski definition) is 0. The van der Waals surface area contributed by atoms with Gasteiger partial charge in [0, 0.05) is 18.4 Å². The van der Waals surface area contributed by atoms with Crippen molar-refractivity contribution in [3.05, 3.63) is 0 Å². The van der Waals surface area contributed by atoms with Gasteiger partial charge in [0.15, 0.2) is 0 Å². The number of carbonyl (C=O) groups is 1. The minimum atomic E-state index is -0.230. The fourth-order valence-corrected chi connectivity index (χ4v) is 4.30. The van der Waals surface area contributed by atoms with E-state index in [0.29, 0.717) is 12.5 Å². The number of ether oxygens (including phenoxy) is 1. The zero-order valence-electron chi connectivity index (χ0n) is 11.2. The van der Waals surface area contributed by atoms with E-state index in [4.69, 9.17) is 4.74 Å². The summed E-state index contributed by atoms with van der Waals surface area (Å²) in [4.78, 5) is 14.5. The molecular formula is C13H22BrNO2S. The minimum absolute atomic E-state index is 0.117. The molecule has 104 valence electrons. The molecule has 2 saturated heterocycles. The van der Waals surface area contributed by atoms with Gasteiger partial charge in [-0.05, 0) is 32.4 Å². The molecule has 0 spiro atoms. The second kappa shape index (κ2) is 6.14. The van der Waals surface area contributed by atoms with E-state index in [1.54, 1.807) is 0 Å². The molecule has 2 rings (SSSR count). The Morgan fingerprint density at radius 1 is 1.50 bits per heavy atom. The molecule has 0 saturated carbocycles. The summed E-state index contributed by atoms with van der Waals surface area (Å²) in [7, 11) is 0. The zero-order valence-corrected chi connectivity index (χ0v) is 13.6. The molecule has 2 fully saturated rings. The average molecular weight is 336 g/mol. The molecule has 3 nitrogen and oxygen atoms in total. The zero-order chi connectivity index (χ0) is 13.2. The van der Waals surface area contributed by atoms with Gasteiger partial charge < -0.3 is 9.64 Å². The Morgan fingerprint density at radius 2 is 2.28 bits per heavy atom. The van der Waals surface area contributed by atoms with Crippen molar-refractivity contribution in [2.75, 3.05) is 24.2 Å². The largest absolute Gasteiger partial charge is 0.368 e. The van der Waals surface area contributed by atoms with Crippen molar-refractivity contribution in [2.45, 2.75) is 50.1 Å². The summed E-state index contributed by atoms with van der Waals surface area (Å²) in [5.74, 6) is 1.45. The van der Waals surface area contributed by atoms with Crippen LogP contribution in [0, 0.1) is 0 Å². The van der Waals surface area contributed by atoms with E-state index >= 15 is 0 Å². The first-order chi connectivity index (χ1) is 8.52. The number of halogens is 1. The average Bonchev–Trinajstić information content (AvgIpc) is 2.37. The van der Waals surface area contributed by atoms with Crippen LogP contribution in [-0.4, -0.2) is 51.9 Å². The SMILES string of the molecule is CC1(C)CN(C(=O)C2CCCCS2)CC(CBr)O1. The summed E-state index contributed by atoms with van der Waals surface area (Å²) in [6.07, 6.45) is 3.61. The van der Waals surface area contributed by atoms with Crippen molar-refractivity contribution in [1.29, 1.82) is 0 Å². The van der Waals surface area contributed by atoms with Crippen molar-refractivity contribution >= 4 is 33.6 Å². The van der Waals surface area contributed by atoms with Gasteiger partial charge in [-0.3, -0.25) is 4.79 Å². The number of nitrogens with zero attached hydrogens (tertiary/aromatic N) is 1. The highest BCUT2D eigenvalue weighted by Gasteiger charge is 2.37. The van der Waals surface area contributed by atoms with Gasteiger partial charge in [0.05, 0.1) is 17.0 Å². The standard InChI is InChI=1S/C13H22BrNO2S/c1-13(2)9-15(8-10(7-14)17-13)12(16)11-5-3-4-6-18-11/h10-11H,3-9H2,1-2H3. The predicted octanol–water partition coefficient (Wildman–Crippen LogP) is 2.67. The number of carbonyl (C=O) groups excluding carboxylic acids is 1. The van der Waals surface area contributed by atoms with E-state index in [9.17, 15) is 4.79 Å². The van der Waals surface area contributed by atoms with E-state index in [2.05, 4.69) is 29.8 Å². The second-order valence-corrected chi connectivity index (χ2v) is 7.69. The lowest BCUT2D eigenvalue weighted by atomic mass is 10.0. The summed E-state index contributed by atoms with van der Waals surface area (Å²) >= 11 is 5.30. The topological polar surface area (TPSA) is 29.5 Å². The van der Waals surface area contributed by atoms with Crippen LogP contribution in [0.2, 0.25) is 0 Å². The lowest BCUT2D eigenvalue weighted by molar-refractivity contribution is -0.156. The van der Waals surface area contributed by atoms with Crippen molar-refractivity contribution < 1.29 is 9.53 Å². The summed E-state index contributed by atoms with van der Waals surface area (Å²) < 4.78 is 5.94. The first-order valence-electron chi connectivity index (χ1n) is 6.66.